The fourth-order valence-electron chi connectivity index (χ4n) is 1.95. The summed E-state index contributed by atoms with van der Waals surface area (Å²) in [5, 5.41) is 0. The van der Waals surface area contributed by atoms with E-state index in [2.05, 4.69) is 9.97 Å². The number of hydrogen-bond acceptors (Lipinski definition) is 4. The highest BCUT2D eigenvalue weighted by Crippen LogP contribution is 2.14. The van der Waals surface area contributed by atoms with Crippen LogP contribution in [0.1, 0.15) is 29.8 Å². The predicted octanol–water partition coefficient (Wildman–Crippen LogP) is 2.11. The summed E-state index contributed by atoms with van der Waals surface area (Å²) in [6, 6.07) is 7.63. The van der Waals surface area contributed by atoms with Crippen molar-refractivity contribution < 1.29 is 4.79 Å². The van der Waals surface area contributed by atoms with Gasteiger partial charge in [-0.25, -0.2) is 9.97 Å². The van der Waals surface area contributed by atoms with Crippen molar-refractivity contribution in [2.75, 3.05) is 5.73 Å². The first-order valence-corrected chi connectivity index (χ1v) is 6.48. The zero-order valence-corrected chi connectivity index (χ0v) is 11.7. The number of nitrogens with zero attached hydrogens (tertiary/aromatic N) is 3. The van der Waals surface area contributed by atoms with Gasteiger partial charge in [0.2, 0.25) is 0 Å². The van der Waals surface area contributed by atoms with Gasteiger partial charge in [-0.3, -0.25) is 4.79 Å². The van der Waals surface area contributed by atoms with E-state index in [4.69, 9.17) is 5.73 Å². The van der Waals surface area contributed by atoms with Crippen molar-refractivity contribution >= 4 is 11.6 Å². The first-order valence-electron chi connectivity index (χ1n) is 6.48. The highest BCUT2D eigenvalue weighted by Gasteiger charge is 2.19. The summed E-state index contributed by atoms with van der Waals surface area (Å²) in [5.41, 5.74) is 7.96. The van der Waals surface area contributed by atoms with E-state index in [-0.39, 0.29) is 11.9 Å². The number of carbonyl (C=O) groups excluding carboxylic acids is 1. The second kappa shape index (κ2) is 6.14. The van der Waals surface area contributed by atoms with E-state index in [9.17, 15) is 4.79 Å². The smallest absolute Gasteiger partial charge is 0.257 e. The lowest BCUT2D eigenvalue weighted by atomic mass is 10.1. The van der Waals surface area contributed by atoms with Gasteiger partial charge in [-0.2, -0.15) is 0 Å². The molecular weight excluding hydrogens is 252 g/mol. The van der Waals surface area contributed by atoms with Crippen LogP contribution in [-0.2, 0) is 6.54 Å². The van der Waals surface area contributed by atoms with E-state index >= 15 is 0 Å². The number of carbonyl (C=O) groups is 1. The van der Waals surface area contributed by atoms with Gasteiger partial charge in [0.25, 0.3) is 5.91 Å². The number of benzene rings is 1. The van der Waals surface area contributed by atoms with Crippen molar-refractivity contribution in [3.63, 3.8) is 0 Å². The Bertz CT molecular complexity index is 583. The Hall–Kier alpha value is -2.43. The number of nitrogen functional groups attached to an aromatic ring is 1. The summed E-state index contributed by atoms with van der Waals surface area (Å²) in [6.07, 6.45) is 4.47. The highest BCUT2D eigenvalue weighted by atomic mass is 16.2. The van der Waals surface area contributed by atoms with Crippen LogP contribution in [0.5, 0.6) is 0 Å². The van der Waals surface area contributed by atoms with E-state index in [0.717, 1.165) is 5.56 Å². The third kappa shape index (κ3) is 3.32. The number of nitrogens with two attached hydrogens (primary N) is 1. The largest absolute Gasteiger partial charge is 0.399 e. The van der Waals surface area contributed by atoms with Gasteiger partial charge in [0.1, 0.15) is 6.33 Å². The zero-order chi connectivity index (χ0) is 14.5. The van der Waals surface area contributed by atoms with Gasteiger partial charge in [0.05, 0.1) is 5.56 Å². The number of rotatable bonds is 4. The molecule has 1 heterocycles. The maximum atomic E-state index is 12.5. The molecule has 0 saturated carbocycles. The Kier molecular flexibility index (Phi) is 4.30. The summed E-state index contributed by atoms with van der Waals surface area (Å²) in [7, 11) is 0. The van der Waals surface area contributed by atoms with Crippen LogP contribution < -0.4 is 5.73 Å². The molecule has 20 heavy (non-hydrogen) atoms. The van der Waals surface area contributed by atoms with Crippen molar-refractivity contribution in [3.05, 3.63) is 54.1 Å². The molecule has 0 fully saturated rings. The van der Waals surface area contributed by atoms with Crippen LogP contribution in [0.3, 0.4) is 0 Å². The molecule has 0 aliphatic heterocycles. The first-order chi connectivity index (χ1) is 9.58. The molecule has 0 atom stereocenters. The highest BCUT2D eigenvalue weighted by molar-refractivity contribution is 5.93. The second-order valence-corrected chi connectivity index (χ2v) is 4.90. The standard InChI is InChI=1S/C15H18N4O/c1-11(2)19(9-12-4-3-5-14(16)6-12)15(20)13-7-17-10-18-8-13/h3-8,10-11H,9,16H2,1-2H3. The Labute approximate surface area is 118 Å². The molecule has 2 N–H and O–H groups in total. The molecular formula is C15H18N4O. The monoisotopic (exact) mass is 270 g/mol. The molecule has 0 spiro atoms. The fourth-order valence-corrected chi connectivity index (χ4v) is 1.95. The molecule has 1 amide bonds. The average molecular weight is 270 g/mol. The van der Waals surface area contributed by atoms with Gasteiger partial charge >= 0.3 is 0 Å². The fraction of sp³-hybridized carbons (Fsp3) is 0.267. The SMILES string of the molecule is CC(C)N(Cc1cccc(N)c1)C(=O)c1cncnc1. The van der Waals surface area contributed by atoms with Crippen LogP contribution in [0.2, 0.25) is 0 Å². The van der Waals surface area contributed by atoms with Gasteiger partial charge in [-0.1, -0.05) is 12.1 Å². The summed E-state index contributed by atoms with van der Waals surface area (Å²) in [5.74, 6) is -0.0805. The van der Waals surface area contributed by atoms with E-state index in [1.807, 2.05) is 38.1 Å². The van der Waals surface area contributed by atoms with Crippen molar-refractivity contribution in [1.82, 2.24) is 14.9 Å². The van der Waals surface area contributed by atoms with Gasteiger partial charge in [0, 0.05) is 30.7 Å². The molecule has 0 radical (unpaired) electrons. The molecule has 2 aromatic rings. The van der Waals surface area contributed by atoms with Crippen LogP contribution in [0.4, 0.5) is 5.69 Å². The van der Waals surface area contributed by atoms with Crippen LogP contribution in [-0.4, -0.2) is 26.8 Å². The molecule has 0 unspecified atom stereocenters. The van der Waals surface area contributed by atoms with Crippen LogP contribution >= 0.6 is 0 Å². The second-order valence-electron chi connectivity index (χ2n) is 4.90. The average Bonchev–Trinajstić information content (AvgIpc) is 2.45. The summed E-state index contributed by atoms with van der Waals surface area (Å²) in [6.45, 7) is 4.47. The quantitative estimate of drug-likeness (QED) is 0.864. The molecule has 1 aromatic carbocycles. The molecule has 1 aromatic heterocycles. The van der Waals surface area contributed by atoms with Gasteiger partial charge in [-0.05, 0) is 31.5 Å². The normalized spacial score (nSPS) is 10.6. The van der Waals surface area contributed by atoms with Crippen LogP contribution in [0.15, 0.2) is 43.0 Å². The Morgan fingerprint density at radius 1 is 1.30 bits per heavy atom. The predicted molar refractivity (Wildman–Crippen MR) is 77.9 cm³/mol. The van der Waals surface area contributed by atoms with E-state index in [1.54, 1.807) is 4.90 Å². The summed E-state index contributed by atoms with van der Waals surface area (Å²) in [4.78, 5) is 22.0. The molecule has 2 rings (SSSR count). The zero-order valence-electron chi connectivity index (χ0n) is 11.7. The van der Waals surface area contributed by atoms with Crippen molar-refractivity contribution in [2.24, 2.45) is 0 Å². The molecule has 0 aliphatic carbocycles. The summed E-state index contributed by atoms with van der Waals surface area (Å²) < 4.78 is 0. The van der Waals surface area contributed by atoms with Crippen molar-refractivity contribution in [2.45, 2.75) is 26.4 Å². The third-order valence-electron chi connectivity index (χ3n) is 3.00. The number of amides is 1. The van der Waals surface area contributed by atoms with Gasteiger partial charge in [0.15, 0.2) is 0 Å². The minimum Gasteiger partial charge on any atom is -0.399 e. The lowest BCUT2D eigenvalue weighted by Crippen LogP contribution is -2.36. The Morgan fingerprint density at radius 2 is 2.00 bits per heavy atom. The van der Waals surface area contributed by atoms with Crippen molar-refractivity contribution in [1.29, 1.82) is 0 Å². The minimum absolute atomic E-state index is 0.0733. The summed E-state index contributed by atoms with van der Waals surface area (Å²) >= 11 is 0. The maximum Gasteiger partial charge on any atom is 0.257 e. The lowest BCUT2D eigenvalue weighted by Gasteiger charge is -2.26. The minimum atomic E-state index is -0.0805. The first kappa shape index (κ1) is 14.0. The van der Waals surface area contributed by atoms with Crippen LogP contribution in [0.25, 0.3) is 0 Å². The van der Waals surface area contributed by atoms with Gasteiger partial charge < -0.3 is 10.6 Å². The van der Waals surface area contributed by atoms with Gasteiger partial charge in [-0.15, -0.1) is 0 Å². The Balaban J connectivity index is 2.22. The number of hydrogen-bond donors (Lipinski definition) is 1. The molecule has 104 valence electrons. The van der Waals surface area contributed by atoms with E-state index in [0.29, 0.717) is 17.8 Å². The van der Waals surface area contributed by atoms with Crippen LogP contribution in [0, 0.1) is 0 Å². The molecule has 5 heteroatoms. The van der Waals surface area contributed by atoms with E-state index < -0.39 is 0 Å². The molecule has 0 aliphatic rings. The third-order valence-corrected chi connectivity index (χ3v) is 3.00. The van der Waals surface area contributed by atoms with E-state index in [1.165, 1.54) is 18.7 Å². The molecule has 5 nitrogen and oxygen atoms in total. The molecule has 0 saturated heterocycles. The van der Waals surface area contributed by atoms with Crippen molar-refractivity contribution in [3.8, 4) is 0 Å². The lowest BCUT2D eigenvalue weighted by molar-refractivity contribution is 0.0689. The maximum absolute atomic E-state index is 12.5. The number of anilines is 1. The Morgan fingerprint density at radius 3 is 2.60 bits per heavy atom. The number of aromatic nitrogens is 2. The topological polar surface area (TPSA) is 72.1 Å². The molecule has 0 bridgehead atoms.